The van der Waals surface area contributed by atoms with E-state index in [1.165, 1.54) is 0 Å². The Morgan fingerprint density at radius 1 is 0.718 bits per heavy atom. The number of carbonyl (C=O) groups is 2. The Labute approximate surface area is 419 Å². The minimum atomic E-state index is -2.26. The predicted octanol–water partition coefficient (Wildman–Crippen LogP) is 0.695. The van der Waals surface area contributed by atoms with E-state index in [4.69, 9.17) is 24.7 Å². The number of nitrogens with zero attached hydrogens (tertiary/aromatic N) is 1. The van der Waals surface area contributed by atoms with E-state index in [0.717, 1.165) is 0 Å². The van der Waals surface area contributed by atoms with Crippen molar-refractivity contribution < 1.29 is 79.6 Å². The van der Waals surface area contributed by atoms with Gasteiger partial charge in [-0.15, -0.1) is 0 Å². The second kappa shape index (κ2) is 31.3. The van der Waals surface area contributed by atoms with Gasteiger partial charge >= 0.3 is 5.97 Å². The summed E-state index contributed by atoms with van der Waals surface area (Å²) in [5, 5.41) is 113. The number of cyclic esters (lactones) is 1. The van der Waals surface area contributed by atoms with Gasteiger partial charge < -0.3 is 86.0 Å². The molecule has 0 saturated carbocycles. The molecule has 0 radical (unpaired) electrons. The molecule has 3 rings (SSSR count). The van der Waals surface area contributed by atoms with E-state index in [0.29, 0.717) is 13.0 Å². The van der Waals surface area contributed by atoms with Gasteiger partial charge in [-0.3, -0.25) is 9.59 Å². The van der Waals surface area contributed by atoms with Crippen LogP contribution in [0.15, 0.2) is 85.1 Å². The number of hydrogen-bond donors (Lipinski definition) is 12. The van der Waals surface area contributed by atoms with Crippen LogP contribution in [0.2, 0.25) is 0 Å². The van der Waals surface area contributed by atoms with Gasteiger partial charge in [-0.1, -0.05) is 98.9 Å². The van der Waals surface area contributed by atoms with Crippen LogP contribution in [-0.2, 0) is 28.5 Å². The maximum absolute atomic E-state index is 13.8. The fourth-order valence-electron chi connectivity index (χ4n) is 8.71. The van der Waals surface area contributed by atoms with E-state index in [2.05, 4.69) is 5.32 Å². The van der Waals surface area contributed by atoms with Gasteiger partial charge in [-0.2, -0.15) is 0 Å². The molecule has 19 heteroatoms. The maximum atomic E-state index is 13.8. The lowest BCUT2D eigenvalue weighted by Gasteiger charge is -2.46. The predicted molar refractivity (Wildman–Crippen MR) is 266 cm³/mol. The van der Waals surface area contributed by atoms with Gasteiger partial charge in [0.1, 0.15) is 12.2 Å². The Morgan fingerprint density at radius 2 is 1.31 bits per heavy atom. The number of aliphatic hydroxyl groups is 10. The number of hydrogen-bond acceptors (Lipinski definition) is 18. The quantitative estimate of drug-likeness (QED) is 0.123. The van der Waals surface area contributed by atoms with Crippen LogP contribution in [-0.4, -0.2) is 192 Å². The molecule has 2 fully saturated rings. The van der Waals surface area contributed by atoms with E-state index < -0.39 is 147 Å². The van der Waals surface area contributed by atoms with E-state index in [-0.39, 0.29) is 38.1 Å². The zero-order valence-electron chi connectivity index (χ0n) is 42.2. The molecule has 3 heterocycles. The van der Waals surface area contributed by atoms with Crippen molar-refractivity contribution in [3.63, 3.8) is 0 Å². The van der Waals surface area contributed by atoms with Gasteiger partial charge in [0.05, 0.1) is 85.5 Å². The Kier molecular flexibility index (Phi) is 27.3. The normalized spacial score (nSPS) is 42.7. The van der Waals surface area contributed by atoms with Crippen LogP contribution in [0, 0.1) is 17.8 Å². The third kappa shape index (κ3) is 21.9. The maximum Gasteiger partial charge on any atom is 0.308 e. The van der Waals surface area contributed by atoms with Crippen LogP contribution in [0.1, 0.15) is 85.5 Å². The van der Waals surface area contributed by atoms with E-state index in [1.54, 1.807) is 63.3 Å². The van der Waals surface area contributed by atoms with Crippen molar-refractivity contribution in [3.8, 4) is 0 Å². The molecular formula is C52H85N3O16. The fraction of sp³-hybridized carbons (Fsp3) is 0.692. The Morgan fingerprint density at radius 3 is 1.92 bits per heavy atom. The zero-order chi connectivity index (χ0) is 52.8. The average molecular weight is 1010 g/mol. The summed E-state index contributed by atoms with van der Waals surface area (Å²) >= 11 is 0. The van der Waals surface area contributed by atoms with Crippen LogP contribution in [0.4, 0.5) is 0 Å². The SMILES string of the molecule is C[C@@H]1[C@H](O)[C@@H](C)\C=C/C=C\C=C/C=C\C=C/C=C\C=C/[C@H](O[C@@H]2O[C@H](C)[C@@H](O)[C@H](N)[C@@H]2O)C[C@@H]2O[C@](O)(C[C@@H](O)C[C@@H](O)[C@H](O)CC[C@@H](O)C[C@@H](O)CC(=O)O[C@H]1C)C[C@H](O)[C@H]2C(=O)NCCCN(C)C. The van der Waals surface area contributed by atoms with Crippen molar-refractivity contribution in [1.29, 1.82) is 0 Å². The lowest BCUT2D eigenvalue weighted by molar-refractivity contribution is -0.307. The molecule has 71 heavy (non-hydrogen) atoms. The van der Waals surface area contributed by atoms with Gasteiger partial charge in [-0.05, 0) is 60.2 Å². The van der Waals surface area contributed by atoms with Gasteiger partial charge in [0.25, 0.3) is 0 Å². The van der Waals surface area contributed by atoms with Gasteiger partial charge in [0.15, 0.2) is 12.1 Å². The van der Waals surface area contributed by atoms with Crippen LogP contribution in [0.3, 0.4) is 0 Å². The molecule has 0 spiro atoms. The van der Waals surface area contributed by atoms with Crippen molar-refractivity contribution in [2.24, 2.45) is 23.5 Å². The third-order valence-electron chi connectivity index (χ3n) is 13.1. The lowest BCUT2D eigenvalue weighted by atomic mass is 9.82. The largest absolute Gasteiger partial charge is 0.462 e. The monoisotopic (exact) mass is 1010 g/mol. The second-order valence-electron chi connectivity index (χ2n) is 19.7. The summed E-state index contributed by atoms with van der Waals surface area (Å²) in [6.45, 7) is 7.75. The number of amides is 1. The summed E-state index contributed by atoms with van der Waals surface area (Å²) in [5.41, 5.74) is 6.12. The topological polar surface area (TPSA) is 315 Å². The first kappa shape index (κ1) is 61.8. The standard InChI is InChI=1S/C52H85N3O16/c1-32-20-17-15-13-11-9-7-8-10-12-14-16-18-21-39(70-51-49(65)46(53)48(64)35(4)69-51)29-43-45(50(66)54-24-19-25-55(5)6)42(61)31-52(67,71-43)30-38(58)27-41(60)40(59)23-22-36(56)26-37(57)28-44(62)68-34(3)33(2)47(32)63/h7-18,20-21,32-43,45-49,51,56-61,63-65,67H,19,22-31,53H2,1-6H3,(H,54,66)/b8-7-,11-9-,12-10-,15-13-,16-14-,20-17-,21-18-/t32-,33-,34-,35+,36+,37+,38-,39-,40+,41+,42-,43-,45+,46-,47+,48+,49-,51-,52+/m0/s1. The highest BCUT2D eigenvalue weighted by Crippen LogP contribution is 2.38. The van der Waals surface area contributed by atoms with Gasteiger partial charge in [0.2, 0.25) is 5.91 Å². The van der Waals surface area contributed by atoms with E-state index in [1.807, 2.05) is 68.5 Å². The third-order valence-corrected chi connectivity index (χ3v) is 13.1. The molecule has 2 bridgehead atoms. The molecule has 0 aliphatic carbocycles. The lowest BCUT2D eigenvalue weighted by Crippen LogP contribution is -2.62. The zero-order valence-corrected chi connectivity index (χ0v) is 42.2. The molecule has 404 valence electrons. The Bertz CT molecular complexity index is 1790. The minimum absolute atomic E-state index is 0.0912. The summed E-state index contributed by atoms with van der Waals surface area (Å²) in [7, 11) is 3.78. The number of allylic oxidation sites excluding steroid dienone is 12. The number of nitrogens with one attached hydrogen (secondary N) is 1. The van der Waals surface area contributed by atoms with Crippen molar-refractivity contribution in [1.82, 2.24) is 10.2 Å². The molecule has 3 aliphatic heterocycles. The molecule has 2 saturated heterocycles. The summed E-state index contributed by atoms with van der Waals surface area (Å²) in [4.78, 5) is 28.5. The molecule has 0 aromatic rings. The molecule has 19 atom stereocenters. The number of ether oxygens (including phenoxy) is 4. The minimum Gasteiger partial charge on any atom is -0.462 e. The first-order valence-corrected chi connectivity index (χ1v) is 24.9. The van der Waals surface area contributed by atoms with Crippen molar-refractivity contribution >= 4 is 11.9 Å². The highest BCUT2D eigenvalue weighted by molar-refractivity contribution is 5.80. The molecule has 0 aromatic carbocycles. The first-order chi connectivity index (χ1) is 33.5. The highest BCUT2D eigenvalue weighted by atomic mass is 16.7. The smallest absolute Gasteiger partial charge is 0.308 e. The van der Waals surface area contributed by atoms with Crippen molar-refractivity contribution in [2.75, 3.05) is 27.2 Å². The average Bonchev–Trinajstić information content (AvgIpc) is 3.28. The summed E-state index contributed by atoms with van der Waals surface area (Å²) in [5.74, 6) is -5.52. The number of carbonyl (C=O) groups excluding carboxylic acids is 2. The van der Waals surface area contributed by atoms with Crippen molar-refractivity contribution in [3.05, 3.63) is 85.1 Å². The van der Waals surface area contributed by atoms with Crippen LogP contribution in [0.25, 0.3) is 0 Å². The highest BCUT2D eigenvalue weighted by Gasteiger charge is 2.51. The fourth-order valence-corrected chi connectivity index (χ4v) is 8.71. The molecule has 19 nitrogen and oxygen atoms in total. The van der Waals surface area contributed by atoms with Crippen LogP contribution >= 0.6 is 0 Å². The summed E-state index contributed by atoms with van der Waals surface area (Å²) < 4.78 is 23.8. The molecule has 1 amide bonds. The number of fused-ring (bicyclic) bond motifs is 2. The van der Waals surface area contributed by atoms with E-state index in [9.17, 15) is 60.7 Å². The number of esters is 1. The van der Waals surface area contributed by atoms with Gasteiger partial charge in [0, 0.05) is 44.1 Å². The summed E-state index contributed by atoms with van der Waals surface area (Å²) in [6, 6.07) is -1.13. The molecular weight excluding hydrogens is 923 g/mol. The molecule has 13 N–H and O–H groups in total. The van der Waals surface area contributed by atoms with Gasteiger partial charge in [-0.25, -0.2) is 0 Å². The van der Waals surface area contributed by atoms with Crippen LogP contribution in [0.5, 0.6) is 0 Å². The Hall–Kier alpha value is -3.48. The second-order valence-corrected chi connectivity index (χ2v) is 19.7. The molecule has 0 unspecified atom stereocenters. The number of rotatable bonds is 7. The van der Waals surface area contributed by atoms with Crippen LogP contribution < -0.4 is 11.1 Å². The van der Waals surface area contributed by atoms with Crippen molar-refractivity contribution in [2.45, 2.75) is 183 Å². The number of nitrogens with two attached hydrogens (primary N) is 1. The molecule has 3 aliphatic rings. The number of aliphatic hydroxyl groups excluding tert-OH is 9. The summed E-state index contributed by atoms with van der Waals surface area (Å²) in [6.07, 6.45) is 5.56. The first-order valence-electron chi connectivity index (χ1n) is 24.9. The van der Waals surface area contributed by atoms with E-state index >= 15 is 0 Å². The Balaban J connectivity index is 1.93. The molecule has 0 aromatic heterocycles.